The van der Waals surface area contributed by atoms with Crippen LogP contribution in [0.15, 0.2) is 0 Å². The Morgan fingerprint density at radius 2 is 1.89 bits per heavy atom. The summed E-state index contributed by atoms with van der Waals surface area (Å²) < 4.78 is 38.4. The molecular weight excluding hydrogens is 245 g/mol. The van der Waals surface area contributed by atoms with Crippen molar-refractivity contribution in [3.63, 3.8) is 0 Å². The molecule has 18 heavy (non-hydrogen) atoms. The fourth-order valence-corrected chi connectivity index (χ4v) is 2.06. The van der Waals surface area contributed by atoms with Crippen molar-refractivity contribution in [2.75, 3.05) is 6.54 Å². The highest BCUT2D eigenvalue weighted by Gasteiger charge is 2.53. The second-order valence-corrected chi connectivity index (χ2v) is 4.24. The molecule has 4 nitrogen and oxygen atoms in total. The highest BCUT2D eigenvalue weighted by molar-refractivity contribution is 5.16. The molecule has 3 unspecified atom stereocenters. The number of nitrogens with zero attached hydrogens (tertiary/aromatic N) is 3. The summed E-state index contributed by atoms with van der Waals surface area (Å²) in [6.45, 7) is 2.12. The van der Waals surface area contributed by atoms with Crippen LogP contribution in [-0.2, 0) is 0 Å². The molecule has 3 atom stereocenters. The van der Waals surface area contributed by atoms with Crippen LogP contribution in [0.2, 0.25) is 0 Å². The summed E-state index contributed by atoms with van der Waals surface area (Å²) in [5.74, 6) is 0. The summed E-state index contributed by atoms with van der Waals surface area (Å²) in [6, 6.07) is 1.36. The minimum Gasteiger partial charge on any atom is -0.277 e. The van der Waals surface area contributed by atoms with E-state index in [1.54, 1.807) is 12.1 Å². The Bertz CT molecular complexity index is 355. The van der Waals surface area contributed by atoms with Gasteiger partial charge in [0.15, 0.2) is 6.17 Å². The molecule has 0 spiro atoms. The van der Waals surface area contributed by atoms with Gasteiger partial charge in [-0.2, -0.15) is 23.7 Å². The molecule has 1 rings (SSSR count). The highest BCUT2D eigenvalue weighted by atomic mass is 19.4. The Kier molecular flexibility index (Phi) is 4.94. The molecule has 0 aliphatic carbocycles. The number of rotatable bonds is 4. The van der Waals surface area contributed by atoms with Gasteiger partial charge in [-0.15, -0.1) is 0 Å². The van der Waals surface area contributed by atoms with Crippen LogP contribution in [0.4, 0.5) is 13.2 Å². The van der Waals surface area contributed by atoms with Gasteiger partial charge in [-0.25, -0.2) is 0 Å². The first-order valence-electron chi connectivity index (χ1n) is 5.83. The molecule has 0 bridgehead atoms. The third-order valence-corrected chi connectivity index (χ3v) is 2.94. The lowest BCUT2D eigenvalue weighted by Crippen LogP contribution is -2.49. The van der Waals surface area contributed by atoms with E-state index in [1.165, 1.54) is 0 Å². The summed E-state index contributed by atoms with van der Waals surface area (Å²) in [7, 11) is 0. The zero-order valence-corrected chi connectivity index (χ0v) is 10.0. The first-order valence-corrected chi connectivity index (χ1v) is 5.83. The van der Waals surface area contributed by atoms with Crippen molar-refractivity contribution in [3.05, 3.63) is 0 Å². The number of nitrogens with one attached hydrogen (secondary N) is 1. The van der Waals surface area contributed by atoms with E-state index in [4.69, 9.17) is 10.5 Å². The summed E-state index contributed by atoms with van der Waals surface area (Å²) in [6.07, 6.45) is -4.11. The Balaban J connectivity index is 2.83. The number of alkyl halides is 3. The maximum absolute atomic E-state index is 12.8. The van der Waals surface area contributed by atoms with Crippen LogP contribution >= 0.6 is 0 Å². The van der Waals surface area contributed by atoms with E-state index in [1.807, 2.05) is 6.92 Å². The summed E-state index contributed by atoms with van der Waals surface area (Å²) in [5.41, 5.74) is 0. The van der Waals surface area contributed by atoms with Gasteiger partial charge in [0.1, 0.15) is 12.1 Å². The molecule has 1 saturated heterocycles. The van der Waals surface area contributed by atoms with Crippen molar-refractivity contribution in [3.8, 4) is 12.1 Å². The standard InChI is InChI=1S/C11H15F3N4/c1-2-3-4-5-18-9(7-16)8(6-15)17-10(18)11(12,13)14/h8-10,17H,2-5H2,1H3. The number of hydrogen-bond acceptors (Lipinski definition) is 4. The monoisotopic (exact) mass is 260 g/mol. The first-order chi connectivity index (χ1) is 8.45. The second kappa shape index (κ2) is 6.03. The summed E-state index contributed by atoms with van der Waals surface area (Å²) in [5, 5.41) is 19.9. The molecule has 100 valence electrons. The van der Waals surface area contributed by atoms with Crippen LogP contribution in [0.5, 0.6) is 0 Å². The van der Waals surface area contributed by atoms with Crippen molar-refractivity contribution in [2.45, 2.75) is 50.6 Å². The lowest BCUT2D eigenvalue weighted by Gasteiger charge is -2.27. The molecule has 0 aromatic carbocycles. The summed E-state index contributed by atoms with van der Waals surface area (Å²) in [4.78, 5) is 1.05. The predicted molar refractivity (Wildman–Crippen MR) is 58.0 cm³/mol. The fourth-order valence-electron chi connectivity index (χ4n) is 2.06. The number of hydrogen-bond donors (Lipinski definition) is 1. The van der Waals surface area contributed by atoms with Crippen LogP contribution in [-0.4, -0.2) is 35.9 Å². The fraction of sp³-hybridized carbons (Fsp3) is 0.818. The molecule has 1 heterocycles. The second-order valence-electron chi connectivity index (χ2n) is 4.24. The molecule has 7 heteroatoms. The number of halogens is 3. The van der Waals surface area contributed by atoms with E-state index in [0.717, 1.165) is 17.7 Å². The normalized spacial score (nSPS) is 28.9. The molecule has 1 fully saturated rings. The van der Waals surface area contributed by atoms with Crippen LogP contribution in [0.25, 0.3) is 0 Å². The molecule has 0 aromatic rings. The van der Waals surface area contributed by atoms with E-state index < -0.39 is 24.4 Å². The highest BCUT2D eigenvalue weighted by Crippen LogP contribution is 2.30. The topological polar surface area (TPSA) is 62.9 Å². The average molecular weight is 260 g/mol. The summed E-state index contributed by atoms with van der Waals surface area (Å²) >= 11 is 0. The third kappa shape index (κ3) is 3.12. The van der Waals surface area contributed by atoms with Crippen molar-refractivity contribution in [1.29, 1.82) is 10.5 Å². The molecular formula is C11H15F3N4. The third-order valence-electron chi connectivity index (χ3n) is 2.94. The SMILES string of the molecule is CCCCCN1C(C#N)C(C#N)NC1C(F)(F)F. The van der Waals surface area contributed by atoms with Crippen LogP contribution in [0.3, 0.4) is 0 Å². The molecule has 1 N–H and O–H groups in total. The predicted octanol–water partition coefficient (Wildman–Crippen LogP) is 1.75. The maximum Gasteiger partial charge on any atom is 0.417 e. The molecule has 1 aliphatic rings. The van der Waals surface area contributed by atoms with E-state index >= 15 is 0 Å². The van der Waals surface area contributed by atoms with Crippen molar-refractivity contribution in [1.82, 2.24) is 10.2 Å². The number of nitriles is 2. The van der Waals surface area contributed by atoms with E-state index in [0.29, 0.717) is 6.42 Å². The lowest BCUT2D eigenvalue weighted by molar-refractivity contribution is -0.183. The molecule has 0 aromatic heterocycles. The first kappa shape index (κ1) is 14.7. The number of unbranched alkanes of at least 4 members (excludes halogenated alkanes) is 2. The van der Waals surface area contributed by atoms with Crippen molar-refractivity contribution < 1.29 is 13.2 Å². The van der Waals surface area contributed by atoms with Gasteiger partial charge >= 0.3 is 6.18 Å². The average Bonchev–Trinajstić information content (AvgIpc) is 2.67. The van der Waals surface area contributed by atoms with Crippen molar-refractivity contribution >= 4 is 0 Å². The molecule has 1 aliphatic heterocycles. The van der Waals surface area contributed by atoms with Crippen LogP contribution in [0.1, 0.15) is 26.2 Å². The van der Waals surface area contributed by atoms with Gasteiger partial charge < -0.3 is 0 Å². The Morgan fingerprint density at radius 3 is 2.33 bits per heavy atom. The Labute approximate surface area is 104 Å². The van der Waals surface area contributed by atoms with Gasteiger partial charge in [0.05, 0.1) is 12.1 Å². The Hall–Kier alpha value is -1.31. The van der Waals surface area contributed by atoms with Gasteiger partial charge in [-0.3, -0.25) is 10.2 Å². The Morgan fingerprint density at radius 1 is 1.22 bits per heavy atom. The minimum atomic E-state index is -4.48. The smallest absolute Gasteiger partial charge is 0.277 e. The van der Waals surface area contributed by atoms with Gasteiger partial charge in [0.25, 0.3) is 0 Å². The van der Waals surface area contributed by atoms with E-state index in [-0.39, 0.29) is 6.54 Å². The molecule has 0 radical (unpaired) electrons. The maximum atomic E-state index is 12.8. The lowest BCUT2D eigenvalue weighted by atomic mass is 10.1. The van der Waals surface area contributed by atoms with Gasteiger partial charge in [-0.1, -0.05) is 19.8 Å². The van der Waals surface area contributed by atoms with Crippen LogP contribution < -0.4 is 5.32 Å². The van der Waals surface area contributed by atoms with Gasteiger partial charge in [-0.05, 0) is 6.42 Å². The zero-order valence-electron chi connectivity index (χ0n) is 10.0. The van der Waals surface area contributed by atoms with Gasteiger partial charge in [0, 0.05) is 6.54 Å². The van der Waals surface area contributed by atoms with Gasteiger partial charge in [0.2, 0.25) is 0 Å². The largest absolute Gasteiger partial charge is 0.417 e. The zero-order chi connectivity index (χ0) is 13.8. The minimum absolute atomic E-state index is 0.168. The van der Waals surface area contributed by atoms with E-state index in [2.05, 4.69) is 5.32 Å². The molecule has 0 saturated carbocycles. The van der Waals surface area contributed by atoms with Crippen molar-refractivity contribution in [2.24, 2.45) is 0 Å². The quantitative estimate of drug-likeness (QED) is 0.782. The van der Waals surface area contributed by atoms with E-state index in [9.17, 15) is 13.2 Å². The van der Waals surface area contributed by atoms with Crippen LogP contribution in [0, 0.1) is 22.7 Å². The molecule has 0 amide bonds.